The molecule has 2 atom stereocenters. The second-order valence-corrected chi connectivity index (χ2v) is 8.35. The largest absolute Gasteiger partial charge is 0.464 e. The molecule has 0 aliphatic rings. The molecule has 0 aliphatic heterocycles. The topological polar surface area (TPSA) is 147 Å². The molecule has 2 unspecified atom stereocenters. The Morgan fingerprint density at radius 1 is 1.11 bits per heavy atom. The van der Waals surface area contributed by atoms with Crippen LogP contribution < -0.4 is 5.73 Å². The number of rotatable bonds is 6. The fourth-order valence-electron chi connectivity index (χ4n) is 4.68. The molecule has 5 rings (SSSR count). The van der Waals surface area contributed by atoms with Gasteiger partial charge in [-0.1, -0.05) is 25.1 Å². The van der Waals surface area contributed by atoms with E-state index in [1.165, 1.54) is 6.20 Å². The molecule has 0 radical (unpaired) electrons. The van der Waals surface area contributed by atoms with Gasteiger partial charge in [0, 0.05) is 58.4 Å². The van der Waals surface area contributed by atoms with Crippen LogP contribution >= 0.6 is 0 Å². The van der Waals surface area contributed by atoms with Crippen molar-refractivity contribution < 1.29 is 19.8 Å². The van der Waals surface area contributed by atoms with Gasteiger partial charge in [0.05, 0.1) is 11.4 Å². The predicted octanol–water partition coefficient (Wildman–Crippen LogP) is 4.17. The van der Waals surface area contributed by atoms with Crippen LogP contribution in [0.5, 0.6) is 0 Å². The van der Waals surface area contributed by atoms with Crippen LogP contribution in [0.2, 0.25) is 0 Å². The minimum atomic E-state index is -1.19. The molecule has 0 fully saturated rings. The molecule has 0 spiro atoms. The Bertz CT molecular complexity index is 1570. The summed E-state index contributed by atoms with van der Waals surface area (Å²) in [5.74, 6) is -1.26. The molecule has 35 heavy (non-hydrogen) atoms. The van der Waals surface area contributed by atoms with Gasteiger partial charge in [-0.25, -0.2) is 9.78 Å². The number of pyridine rings is 2. The van der Waals surface area contributed by atoms with Crippen LogP contribution in [0.1, 0.15) is 42.1 Å². The highest BCUT2D eigenvalue weighted by molar-refractivity contribution is 5.98. The Kier molecular flexibility index (Phi) is 5.54. The summed E-state index contributed by atoms with van der Waals surface area (Å²) in [6.45, 7) is 1.81. The van der Waals surface area contributed by atoms with Crippen molar-refractivity contribution in [3.63, 3.8) is 0 Å². The van der Waals surface area contributed by atoms with Gasteiger partial charge < -0.3 is 20.9 Å². The molecule has 5 N–H and O–H groups in total. The third-order valence-corrected chi connectivity index (χ3v) is 6.37. The van der Waals surface area contributed by atoms with Crippen LogP contribution in [0, 0.1) is 0 Å². The van der Waals surface area contributed by atoms with Crippen molar-refractivity contribution in [3.05, 3.63) is 84.1 Å². The van der Waals surface area contributed by atoms with Crippen LogP contribution in [0.4, 0.5) is 4.79 Å². The summed E-state index contributed by atoms with van der Waals surface area (Å²) in [7, 11) is 0. The molecule has 176 valence electrons. The zero-order chi connectivity index (χ0) is 24.7. The molecule has 1 aromatic carbocycles. The molecule has 4 aromatic heterocycles. The van der Waals surface area contributed by atoms with Gasteiger partial charge >= 0.3 is 6.09 Å². The van der Waals surface area contributed by atoms with Crippen molar-refractivity contribution in [2.75, 3.05) is 0 Å². The number of primary amides is 1. The number of nitrogens with two attached hydrogens (primary N) is 1. The highest BCUT2D eigenvalue weighted by Crippen LogP contribution is 2.38. The quantitative estimate of drug-likeness (QED) is 0.293. The molecule has 0 bridgehead atoms. The molecule has 9 nitrogen and oxygen atoms in total. The maximum Gasteiger partial charge on any atom is 0.416 e. The summed E-state index contributed by atoms with van der Waals surface area (Å²) in [5, 5.41) is 22.5. The number of aliphatic hydroxyl groups is 1. The second-order valence-electron chi connectivity index (χ2n) is 8.35. The van der Waals surface area contributed by atoms with E-state index in [1.54, 1.807) is 43.0 Å². The van der Waals surface area contributed by atoms with Crippen molar-refractivity contribution in [2.45, 2.75) is 25.4 Å². The number of carbonyl (C=O) groups is 2. The zero-order valence-corrected chi connectivity index (χ0v) is 18.8. The first-order valence-electron chi connectivity index (χ1n) is 11.1. The van der Waals surface area contributed by atoms with Crippen LogP contribution in [-0.2, 0) is 4.79 Å². The second kappa shape index (κ2) is 8.69. The minimum absolute atomic E-state index is 0.373. The van der Waals surface area contributed by atoms with Gasteiger partial charge in [-0.2, -0.15) is 0 Å². The maximum atomic E-state index is 12.2. The smallest absolute Gasteiger partial charge is 0.416 e. The van der Waals surface area contributed by atoms with E-state index in [0.717, 1.165) is 21.1 Å². The maximum absolute atomic E-state index is 12.2. The number of hydrogen-bond donors (Lipinski definition) is 4. The number of fused-ring (bicyclic) bond motifs is 2. The lowest BCUT2D eigenvalue weighted by molar-refractivity contribution is -0.119. The van der Waals surface area contributed by atoms with Crippen LogP contribution in [-0.4, -0.2) is 41.7 Å². The minimum Gasteiger partial charge on any atom is -0.464 e. The van der Waals surface area contributed by atoms with Gasteiger partial charge in [-0.3, -0.25) is 14.3 Å². The molecule has 0 saturated carbocycles. The average molecular weight is 470 g/mol. The number of hydrogen-bond acceptors (Lipinski definition) is 5. The van der Waals surface area contributed by atoms with Crippen LogP contribution in [0.25, 0.3) is 33.1 Å². The SMILES string of the molecule is CCC(C(N)=O)c1cn(C(=O)O)c2cccc(C(O)c3c[nH]c4ncc(-c5cccnc5)cc34)c12. The lowest BCUT2D eigenvalue weighted by atomic mass is 9.90. The molecule has 1 amide bonds. The van der Waals surface area contributed by atoms with Gasteiger partial charge in [0.1, 0.15) is 11.8 Å². The summed E-state index contributed by atoms with van der Waals surface area (Å²) in [6.07, 6.45) is 6.35. The average Bonchev–Trinajstić information content (AvgIpc) is 3.46. The van der Waals surface area contributed by atoms with E-state index in [2.05, 4.69) is 15.0 Å². The zero-order valence-electron chi connectivity index (χ0n) is 18.8. The van der Waals surface area contributed by atoms with E-state index in [-0.39, 0.29) is 0 Å². The predicted molar refractivity (Wildman–Crippen MR) is 131 cm³/mol. The number of aromatic amines is 1. The van der Waals surface area contributed by atoms with Crippen molar-refractivity contribution in [1.29, 1.82) is 0 Å². The molecule has 0 aliphatic carbocycles. The lowest BCUT2D eigenvalue weighted by Gasteiger charge is -2.16. The molecular formula is C26H23N5O4. The fraction of sp³-hybridized carbons (Fsp3) is 0.154. The monoisotopic (exact) mass is 469 g/mol. The van der Waals surface area contributed by atoms with Gasteiger partial charge in [-0.05, 0) is 35.7 Å². The third-order valence-electron chi connectivity index (χ3n) is 6.37. The van der Waals surface area contributed by atoms with Crippen LogP contribution in [0.15, 0.2) is 67.4 Å². The van der Waals surface area contributed by atoms with E-state index in [0.29, 0.717) is 39.7 Å². The molecule has 9 heteroatoms. The highest BCUT2D eigenvalue weighted by atomic mass is 16.4. The van der Waals surface area contributed by atoms with Crippen molar-refractivity contribution >= 4 is 33.9 Å². The van der Waals surface area contributed by atoms with E-state index in [4.69, 9.17) is 5.73 Å². The molecule has 4 heterocycles. The Balaban J connectivity index is 1.71. The normalized spacial score (nSPS) is 13.2. The van der Waals surface area contributed by atoms with Crippen molar-refractivity contribution in [1.82, 2.24) is 19.5 Å². The van der Waals surface area contributed by atoms with Crippen molar-refractivity contribution in [2.24, 2.45) is 5.73 Å². The number of nitrogens with one attached hydrogen (secondary N) is 1. The highest BCUT2D eigenvalue weighted by Gasteiger charge is 2.27. The van der Waals surface area contributed by atoms with Gasteiger partial charge in [0.15, 0.2) is 0 Å². The standard InChI is InChI=1S/C26H23N5O4/c1-2-16(24(27)33)20-13-31(26(34)35)21-7-3-6-17(22(20)21)23(32)19-12-30-25-18(19)9-15(11-29-25)14-5-4-8-28-10-14/h3-13,16,23,32H,2H2,1H3,(H2,27,33)(H,29,30)(H,34,35). The first-order valence-corrected chi connectivity index (χ1v) is 11.1. The van der Waals surface area contributed by atoms with Crippen molar-refractivity contribution in [3.8, 4) is 11.1 Å². The van der Waals surface area contributed by atoms with Gasteiger partial charge in [-0.15, -0.1) is 0 Å². The Morgan fingerprint density at radius 2 is 1.94 bits per heavy atom. The van der Waals surface area contributed by atoms with Gasteiger partial charge in [0.2, 0.25) is 5.91 Å². The van der Waals surface area contributed by atoms with E-state index in [9.17, 15) is 19.8 Å². The molecular weight excluding hydrogens is 446 g/mol. The van der Waals surface area contributed by atoms with E-state index >= 15 is 0 Å². The summed E-state index contributed by atoms with van der Waals surface area (Å²) in [6, 6.07) is 10.8. The number of carboxylic acid groups (broad SMARTS) is 1. The number of carbonyl (C=O) groups excluding carboxylic acids is 1. The number of nitrogens with zero attached hydrogens (tertiary/aromatic N) is 3. The van der Waals surface area contributed by atoms with E-state index in [1.807, 2.05) is 25.1 Å². The number of amides is 1. The lowest BCUT2D eigenvalue weighted by Crippen LogP contribution is -2.21. The van der Waals surface area contributed by atoms with Gasteiger partial charge in [0.25, 0.3) is 0 Å². The number of benzene rings is 1. The Morgan fingerprint density at radius 3 is 2.63 bits per heavy atom. The van der Waals surface area contributed by atoms with Crippen LogP contribution in [0.3, 0.4) is 0 Å². The Hall–Kier alpha value is -4.50. The third kappa shape index (κ3) is 3.71. The molecule has 0 saturated heterocycles. The summed E-state index contributed by atoms with van der Waals surface area (Å²) < 4.78 is 1.06. The number of aromatic nitrogens is 4. The Labute approximate surface area is 199 Å². The number of aliphatic hydroxyl groups excluding tert-OH is 1. The summed E-state index contributed by atoms with van der Waals surface area (Å²) >= 11 is 0. The summed E-state index contributed by atoms with van der Waals surface area (Å²) in [5.41, 5.74) is 9.88. The summed E-state index contributed by atoms with van der Waals surface area (Å²) in [4.78, 5) is 35.9. The first kappa shape index (κ1) is 22.3. The molecule has 5 aromatic rings. The number of H-pyrrole nitrogens is 1. The van der Waals surface area contributed by atoms with E-state index < -0.39 is 24.0 Å². The first-order chi connectivity index (χ1) is 16.9. The fourth-order valence-corrected chi connectivity index (χ4v) is 4.68.